The lowest BCUT2D eigenvalue weighted by molar-refractivity contribution is 0.191. The number of nitrogens with one attached hydrogen (secondary N) is 1. The van der Waals surface area contributed by atoms with Gasteiger partial charge in [-0.1, -0.05) is 62.6 Å². The Bertz CT molecular complexity index is 664. The van der Waals surface area contributed by atoms with Gasteiger partial charge in [-0.3, -0.25) is 4.31 Å². The summed E-state index contributed by atoms with van der Waals surface area (Å²) in [5, 5.41) is 2.82. The summed E-state index contributed by atoms with van der Waals surface area (Å²) in [5.41, 5.74) is 1.86. The Morgan fingerprint density at radius 3 is 2.60 bits per heavy atom. The maximum atomic E-state index is 11.9. The lowest BCUT2D eigenvalue weighted by Crippen LogP contribution is -2.26. The summed E-state index contributed by atoms with van der Waals surface area (Å²) in [6.07, 6.45) is 3.18. The number of anilines is 1. The average Bonchev–Trinajstić information content (AvgIpc) is 2.65. The minimum atomic E-state index is -0.256. The van der Waals surface area contributed by atoms with Crippen molar-refractivity contribution in [3.8, 4) is 5.75 Å². The molecule has 0 fully saturated rings. The number of ether oxygens (including phenoxy) is 1. The predicted molar refractivity (Wildman–Crippen MR) is 106 cm³/mol. The molecule has 2 aromatic carbocycles. The lowest BCUT2D eigenvalue weighted by Gasteiger charge is -2.20. The number of hydrogen-bond donors (Lipinski definition) is 2. The van der Waals surface area contributed by atoms with Gasteiger partial charge < -0.3 is 10.1 Å². The van der Waals surface area contributed by atoms with Crippen LogP contribution >= 0.6 is 12.8 Å². The van der Waals surface area contributed by atoms with E-state index in [2.05, 4.69) is 37.2 Å². The number of unbranched alkanes of at least 4 members (excludes halogenated alkanes) is 1. The van der Waals surface area contributed by atoms with Crippen molar-refractivity contribution < 1.29 is 9.53 Å². The Morgan fingerprint density at radius 1 is 1.16 bits per heavy atom. The van der Waals surface area contributed by atoms with Crippen LogP contribution in [0.5, 0.6) is 5.75 Å². The van der Waals surface area contributed by atoms with Crippen molar-refractivity contribution in [2.24, 2.45) is 0 Å². The van der Waals surface area contributed by atoms with Crippen LogP contribution in [0.4, 0.5) is 10.5 Å². The number of nitrogens with zero attached hydrogens (tertiary/aromatic N) is 1. The fourth-order valence-corrected chi connectivity index (χ4v) is 2.54. The third kappa shape index (κ3) is 6.02. The van der Waals surface area contributed by atoms with Crippen LogP contribution in [0, 0.1) is 0 Å². The molecular formula is C20H26N2O2S. The Morgan fingerprint density at radius 2 is 1.92 bits per heavy atom. The molecular weight excluding hydrogens is 332 g/mol. The van der Waals surface area contributed by atoms with E-state index in [1.165, 1.54) is 4.31 Å². The van der Waals surface area contributed by atoms with E-state index in [1.54, 1.807) is 0 Å². The van der Waals surface area contributed by atoms with E-state index >= 15 is 0 Å². The minimum absolute atomic E-state index is 0.00382. The monoisotopic (exact) mass is 358 g/mol. The maximum Gasteiger partial charge on any atom is 0.331 e. The first-order valence-corrected chi connectivity index (χ1v) is 9.13. The summed E-state index contributed by atoms with van der Waals surface area (Å²) in [6.45, 7) is 4.57. The van der Waals surface area contributed by atoms with E-state index in [0.717, 1.165) is 30.6 Å². The maximum absolute atomic E-state index is 11.9. The Balaban J connectivity index is 2.11. The van der Waals surface area contributed by atoms with Crippen molar-refractivity contribution in [2.75, 3.05) is 11.9 Å². The number of urea groups is 1. The predicted octanol–water partition coefficient (Wildman–Crippen LogP) is 5.70. The average molecular weight is 359 g/mol. The Hall–Kier alpha value is -2.14. The zero-order chi connectivity index (χ0) is 18.1. The van der Waals surface area contributed by atoms with Crippen LogP contribution < -0.4 is 10.1 Å². The van der Waals surface area contributed by atoms with Crippen LogP contribution in [0.15, 0.2) is 54.6 Å². The molecule has 2 amide bonds. The second-order valence-electron chi connectivity index (χ2n) is 5.83. The fourth-order valence-electron chi connectivity index (χ4n) is 2.49. The van der Waals surface area contributed by atoms with Crippen molar-refractivity contribution in [3.63, 3.8) is 0 Å². The highest BCUT2D eigenvalue weighted by atomic mass is 32.1. The smallest absolute Gasteiger partial charge is 0.331 e. The molecule has 0 aliphatic rings. The molecule has 25 heavy (non-hydrogen) atoms. The highest BCUT2D eigenvalue weighted by molar-refractivity contribution is 7.78. The number of benzene rings is 2. The van der Waals surface area contributed by atoms with E-state index < -0.39 is 0 Å². The number of carbonyl (C=O) groups is 1. The molecule has 1 N–H and O–H groups in total. The molecule has 1 atom stereocenters. The van der Waals surface area contributed by atoms with Gasteiger partial charge in [-0.15, -0.1) is 0 Å². The first-order valence-electron chi connectivity index (χ1n) is 8.73. The molecule has 0 aliphatic heterocycles. The fraction of sp³-hybridized carbons (Fsp3) is 0.350. The Kier molecular flexibility index (Phi) is 7.67. The summed E-state index contributed by atoms with van der Waals surface area (Å²) >= 11 is 4.11. The SMILES string of the molecule is CCCCC(Oc1cccc(NC(=O)N(S)CC)c1)c1ccccc1. The minimum Gasteiger partial charge on any atom is -0.486 e. The standard InChI is InChI=1S/C20H26N2O2S/c1-3-5-14-19(16-10-7-6-8-11-16)24-18-13-9-12-17(15-18)21-20(23)22(25)4-2/h6-13,15,19,25H,3-5,14H2,1-2H3,(H,21,23). The molecule has 4 nitrogen and oxygen atoms in total. The van der Waals surface area contributed by atoms with E-state index in [1.807, 2.05) is 49.4 Å². The number of rotatable bonds is 8. The highest BCUT2D eigenvalue weighted by Crippen LogP contribution is 2.28. The quantitative estimate of drug-likeness (QED) is 0.595. The summed E-state index contributed by atoms with van der Waals surface area (Å²) in [5.74, 6) is 0.741. The van der Waals surface area contributed by atoms with Gasteiger partial charge in [-0.05, 0) is 37.5 Å². The largest absolute Gasteiger partial charge is 0.486 e. The molecule has 0 heterocycles. The first-order chi connectivity index (χ1) is 12.1. The molecule has 1 unspecified atom stereocenters. The molecule has 0 bridgehead atoms. The van der Waals surface area contributed by atoms with E-state index in [-0.39, 0.29) is 12.1 Å². The zero-order valence-corrected chi connectivity index (χ0v) is 15.7. The number of carbonyl (C=O) groups excluding carboxylic acids is 1. The molecule has 0 aromatic heterocycles. The van der Waals surface area contributed by atoms with Crippen LogP contribution in [0.1, 0.15) is 44.8 Å². The van der Waals surface area contributed by atoms with Crippen LogP contribution in [-0.2, 0) is 0 Å². The van der Waals surface area contributed by atoms with Gasteiger partial charge in [-0.25, -0.2) is 4.79 Å². The van der Waals surface area contributed by atoms with E-state index in [4.69, 9.17) is 4.74 Å². The van der Waals surface area contributed by atoms with Gasteiger partial charge in [0.1, 0.15) is 11.9 Å². The van der Waals surface area contributed by atoms with Crippen molar-refractivity contribution in [1.82, 2.24) is 4.31 Å². The second kappa shape index (κ2) is 9.99. The summed E-state index contributed by atoms with van der Waals surface area (Å²) in [6, 6.07) is 17.5. The van der Waals surface area contributed by atoms with Gasteiger partial charge in [0.25, 0.3) is 0 Å². The van der Waals surface area contributed by atoms with Gasteiger partial charge in [-0.2, -0.15) is 0 Å². The van der Waals surface area contributed by atoms with E-state index in [0.29, 0.717) is 12.2 Å². The molecule has 0 saturated heterocycles. The van der Waals surface area contributed by atoms with Crippen molar-refractivity contribution in [1.29, 1.82) is 0 Å². The van der Waals surface area contributed by atoms with Crippen LogP contribution in [0.3, 0.4) is 0 Å². The third-order valence-electron chi connectivity index (χ3n) is 3.89. The molecule has 0 spiro atoms. The van der Waals surface area contributed by atoms with Crippen molar-refractivity contribution in [3.05, 3.63) is 60.2 Å². The molecule has 134 valence electrons. The van der Waals surface area contributed by atoms with Gasteiger partial charge in [0.05, 0.1) is 0 Å². The molecule has 2 aromatic rings. The van der Waals surface area contributed by atoms with Crippen LogP contribution in [0.2, 0.25) is 0 Å². The molecule has 0 radical (unpaired) electrons. The second-order valence-corrected chi connectivity index (χ2v) is 6.32. The summed E-state index contributed by atoms with van der Waals surface area (Å²) in [4.78, 5) is 11.9. The first kappa shape index (κ1) is 19.2. The van der Waals surface area contributed by atoms with Crippen molar-refractivity contribution >= 4 is 24.5 Å². The molecule has 0 saturated carbocycles. The molecule has 5 heteroatoms. The molecule has 2 rings (SSSR count). The van der Waals surface area contributed by atoms with Gasteiger partial charge in [0, 0.05) is 18.3 Å². The zero-order valence-electron chi connectivity index (χ0n) is 14.8. The van der Waals surface area contributed by atoms with Crippen molar-refractivity contribution in [2.45, 2.75) is 39.2 Å². The normalized spacial score (nSPS) is 11.6. The summed E-state index contributed by atoms with van der Waals surface area (Å²) in [7, 11) is 0. The van der Waals surface area contributed by atoms with E-state index in [9.17, 15) is 4.79 Å². The third-order valence-corrected chi connectivity index (χ3v) is 4.35. The number of thiol groups is 1. The van der Waals surface area contributed by atoms with Gasteiger partial charge >= 0.3 is 6.03 Å². The topological polar surface area (TPSA) is 41.6 Å². The number of amides is 2. The molecule has 0 aliphatic carbocycles. The lowest BCUT2D eigenvalue weighted by atomic mass is 10.0. The number of hydrogen-bond acceptors (Lipinski definition) is 3. The Labute approximate surface area is 155 Å². The highest BCUT2D eigenvalue weighted by Gasteiger charge is 2.14. The summed E-state index contributed by atoms with van der Waals surface area (Å²) < 4.78 is 7.55. The van der Waals surface area contributed by atoms with Crippen LogP contribution in [0.25, 0.3) is 0 Å². The van der Waals surface area contributed by atoms with Gasteiger partial charge in [0.2, 0.25) is 0 Å². The van der Waals surface area contributed by atoms with Gasteiger partial charge in [0.15, 0.2) is 0 Å². The van der Waals surface area contributed by atoms with Crippen LogP contribution in [-0.4, -0.2) is 16.9 Å².